The highest BCUT2D eigenvalue weighted by Gasteiger charge is 2.57. The molecule has 2 heterocycles. The lowest BCUT2D eigenvalue weighted by molar-refractivity contribution is 0.532. The zero-order valence-electron chi connectivity index (χ0n) is 25.5. The summed E-state index contributed by atoms with van der Waals surface area (Å²) in [4.78, 5) is 15.9. The molecule has 0 amide bonds. The van der Waals surface area contributed by atoms with E-state index in [4.69, 9.17) is 9.97 Å². The Bertz CT molecular complexity index is 2440. The first-order chi connectivity index (χ1) is 23.3. The third-order valence-electron chi connectivity index (χ3n) is 9.74. The van der Waals surface area contributed by atoms with Gasteiger partial charge in [0.25, 0.3) is 0 Å². The molecule has 8 aromatic rings. The van der Waals surface area contributed by atoms with Gasteiger partial charge >= 0.3 is 0 Å². The largest absolute Gasteiger partial charge is 0.309 e. The van der Waals surface area contributed by atoms with Crippen molar-refractivity contribution >= 4 is 44.7 Å². The molecule has 1 spiro atoms. The van der Waals surface area contributed by atoms with Gasteiger partial charge in [0.2, 0.25) is 5.95 Å². The van der Waals surface area contributed by atoms with Gasteiger partial charge in [-0.2, -0.15) is 0 Å². The SMILES string of the molecule is c1ccc(-c2nc(N3c4cccc5cccc(c45)N(c4ccccc4)C34c3ccccc3-c3ccccc34)nc3ccccc23)cc1. The molecule has 2 aliphatic rings. The van der Waals surface area contributed by atoms with Crippen molar-refractivity contribution in [2.45, 2.75) is 5.66 Å². The maximum absolute atomic E-state index is 5.54. The van der Waals surface area contributed by atoms with E-state index in [2.05, 4.69) is 180 Å². The molecule has 1 aliphatic carbocycles. The molecule has 4 heteroatoms. The number of rotatable bonds is 3. The lowest BCUT2D eigenvalue weighted by Gasteiger charge is -2.54. The van der Waals surface area contributed by atoms with Gasteiger partial charge in [0, 0.05) is 33.2 Å². The molecular formula is C43H28N4. The van der Waals surface area contributed by atoms with E-state index in [0.717, 1.165) is 39.2 Å². The Morgan fingerprint density at radius 2 is 1.02 bits per heavy atom. The number of aromatic nitrogens is 2. The van der Waals surface area contributed by atoms with Crippen LogP contribution in [0.3, 0.4) is 0 Å². The molecule has 0 unspecified atom stereocenters. The van der Waals surface area contributed by atoms with Gasteiger partial charge < -0.3 is 4.90 Å². The average molecular weight is 601 g/mol. The van der Waals surface area contributed by atoms with Gasteiger partial charge in [0.05, 0.1) is 22.6 Å². The minimum Gasteiger partial charge on any atom is -0.309 e. The summed E-state index contributed by atoms with van der Waals surface area (Å²) in [5.74, 6) is 0.650. The number of benzene rings is 7. The number of nitrogens with zero attached hydrogens (tertiary/aromatic N) is 4. The zero-order chi connectivity index (χ0) is 31.0. The van der Waals surface area contributed by atoms with Crippen molar-refractivity contribution in [1.29, 1.82) is 0 Å². The van der Waals surface area contributed by atoms with Crippen LogP contribution in [0, 0.1) is 0 Å². The minimum atomic E-state index is -0.840. The molecule has 1 aliphatic heterocycles. The lowest BCUT2D eigenvalue weighted by atomic mass is 9.86. The summed E-state index contributed by atoms with van der Waals surface area (Å²) in [6.07, 6.45) is 0. The molecule has 1 aromatic heterocycles. The van der Waals surface area contributed by atoms with Crippen molar-refractivity contribution in [1.82, 2.24) is 9.97 Å². The number of hydrogen-bond donors (Lipinski definition) is 0. The van der Waals surface area contributed by atoms with Crippen molar-refractivity contribution < 1.29 is 0 Å². The van der Waals surface area contributed by atoms with Crippen LogP contribution in [0.5, 0.6) is 0 Å². The molecule has 4 nitrogen and oxygen atoms in total. The Morgan fingerprint density at radius 1 is 0.447 bits per heavy atom. The second kappa shape index (κ2) is 9.87. The normalized spacial score (nSPS) is 14.0. The van der Waals surface area contributed by atoms with E-state index >= 15 is 0 Å². The van der Waals surface area contributed by atoms with Crippen LogP contribution in [-0.4, -0.2) is 9.97 Å². The second-order valence-electron chi connectivity index (χ2n) is 12.2. The quantitative estimate of drug-likeness (QED) is 0.202. The van der Waals surface area contributed by atoms with E-state index < -0.39 is 5.66 Å². The van der Waals surface area contributed by atoms with Crippen molar-refractivity contribution in [3.05, 3.63) is 181 Å². The molecule has 220 valence electrons. The summed E-state index contributed by atoms with van der Waals surface area (Å²) < 4.78 is 0. The first-order valence-electron chi connectivity index (χ1n) is 16.0. The highest BCUT2D eigenvalue weighted by Crippen LogP contribution is 2.62. The fraction of sp³-hybridized carbons (Fsp3) is 0.0233. The molecule has 0 radical (unpaired) electrons. The number of anilines is 4. The highest BCUT2D eigenvalue weighted by atomic mass is 15.5. The third-order valence-corrected chi connectivity index (χ3v) is 9.74. The molecule has 7 aromatic carbocycles. The van der Waals surface area contributed by atoms with Gasteiger partial charge in [0.1, 0.15) is 0 Å². The molecule has 10 rings (SSSR count). The van der Waals surface area contributed by atoms with Gasteiger partial charge in [-0.05, 0) is 46.8 Å². The van der Waals surface area contributed by atoms with Crippen LogP contribution in [0.15, 0.2) is 170 Å². The standard InChI is InChI=1S/C43H28N4/c1-3-15-30(16-4-1)41-34-23-9-12-26-37(34)44-42(45-41)47-39-28-14-18-29-17-13-27-38(40(29)39)46(31-19-5-2-6-20-31)43(47)35-24-10-7-21-32(35)33-22-8-11-25-36(33)43/h1-28H. The van der Waals surface area contributed by atoms with Gasteiger partial charge in [-0.25, -0.2) is 9.97 Å². The van der Waals surface area contributed by atoms with Crippen LogP contribution in [0.25, 0.3) is 44.1 Å². The summed E-state index contributed by atoms with van der Waals surface area (Å²) in [6.45, 7) is 0. The lowest BCUT2D eigenvalue weighted by Crippen LogP contribution is -2.57. The monoisotopic (exact) mass is 600 g/mol. The highest BCUT2D eigenvalue weighted by molar-refractivity contribution is 6.11. The Balaban J connectivity index is 1.42. The molecule has 0 fully saturated rings. The van der Waals surface area contributed by atoms with Crippen LogP contribution < -0.4 is 9.80 Å². The average Bonchev–Trinajstić information content (AvgIpc) is 3.42. The van der Waals surface area contributed by atoms with E-state index in [0.29, 0.717) is 5.95 Å². The molecule has 0 saturated heterocycles. The number of fused-ring (bicyclic) bond motifs is 6. The van der Waals surface area contributed by atoms with Crippen LogP contribution in [0.2, 0.25) is 0 Å². The Labute approximate surface area is 272 Å². The van der Waals surface area contributed by atoms with E-state index in [1.165, 1.54) is 33.0 Å². The smallest absolute Gasteiger partial charge is 0.233 e. The Kier molecular flexibility index (Phi) is 5.46. The van der Waals surface area contributed by atoms with Crippen molar-refractivity contribution in [3.8, 4) is 22.4 Å². The molecule has 0 saturated carbocycles. The maximum Gasteiger partial charge on any atom is 0.233 e. The molecule has 0 N–H and O–H groups in total. The van der Waals surface area contributed by atoms with Gasteiger partial charge in [0.15, 0.2) is 5.66 Å². The van der Waals surface area contributed by atoms with Gasteiger partial charge in [-0.15, -0.1) is 0 Å². The topological polar surface area (TPSA) is 32.3 Å². The fourth-order valence-corrected chi connectivity index (χ4v) is 7.93. The first kappa shape index (κ1) is 26.0. The molecule has 47 heavy (non-hydrogen) atoms. The van der Waals surface area contributed by atoms with E-state index in [9.17, 15) is 0 Å². The molecular weight excluding hydrogens is 573 g/mol. The van der Waals surface area contributed by atoms with Crippen molar-refractivity contribution in [2.75, 3.05) is 9.80 Å². The minimum absolute atomic E-state index is 0.650. The summed E-state index contributed by atoms with van der Waals surface area (Å²) in [5.41, 5.74) is 10.2. The summed E-state index contributed by atoms with van der Waals surface area (Å²) >= 11 is 0. The predicted octanol–water partition coefficient (Wildman–Crippen LogP) is 10.6. The van der Waals surface area contributed by atoms with Crippen molar-refractivity contribution in [2.24, 2.45) is 0 Å². The van der Waals surface area contributed by atoms with Crippen LogP contribution in [0.1, 0.15) is 11.1 Å². The molecule has 0 atom stereocenters. The second-order valence-corrected chi connectivity index (χ2v) is 12.2. The van der Waals surface area contributed by atoms with Gasteiger partial charge in [-0.1, -0.05) is 140 Å². The first-order valence-corrected chi connectivity index (χ1v) is 16.0. The maximum atomic E-state index is 5.54. The summed E-state index contributed by atoms with van der Waals surface area (Å²) in [6, 6.07) is 60.5. The summed E-state index contributed by atoms with van der Waals surface area (Å²) in [5, 5.41) is 3.37. The number of hydrogen-bond acceptors (Lipinski definition) is 4. The van der Waals surface area contributed by atoms with E-state index in [-0.39, 0.29) is 0 Å². The van der Waals surface area contributed by atoms with Crippen molar-refractivity contribution in [3.63, 3.8) is 0 Å². The van der Waals surface area contributed by atoms with Crippen LogP contribution >= 0.6 is 0 Å². The van der Waals surface area contributed by atoms with E-state index in [1.54, 1.807) is 0 Å². The van der Waals surface area contributed by atoms with Gasteiger partial charge in [-0.3, -0.25) is 4.90 Å². The summed E-state index contributed by atoms with van der Waals surface area (Å²) in [7, 11) is 0. The fourth-order valence-electron chi connectivity index (χ4n) is 7.93. The van der Waals surface area contributed by atoms with E-state index in [1.807, 2.05) is 0 Å². The Morgan fingerprint density at radius 3 is 1.72 bits per heavy atom. The van der Waals surface area contributed by atoms with Crippen LogP contribution in [-0.2, 0) is 5.66 Å². The predicted molar refractivity (Wildman–Crippen MR) is 192 cm³/mol. The van der Waals surface area contributed by atoms with Crippen LogP contribution in [0.4, 0.5) is 23.0 Å². The third kappa shape index (κ3) is 3.52. The Hall–Kier alpha value is -6.26. The number of para-hydroxylation sites is 2. The molecule has 0 bridgehead atoms. The zero-order valence-corrected chi connectivity index (χ0v) is 25.5.